The number of fused-ring (bicyclic) bond motifs is 4. The van der Waals surface area contributed by atoms with E-state index in [2.05, 4.69) is 22.1 Å². The number of amides is 1. The van der Waals surface area contributed by atoms with Gasteiger partial charge in [-0.15, -0.1) is 0 Å². The van der Waals surface area contributed by atoms with Gasteiger partial charge in [0.2, 0.25) is 0 Å². The largest absolute Gasteiger partial charge is 0.508 e. The molecule has 0 spiro atoms. The van der Waals surface area contributed by atoms with E-state index in [0.29, 0.717) is 41.9 Å². The number of carboxylic acids is 1. The quantitative estimate of drug-likeness (QED) is 0.109. The molecule has 300 valence electrons. The van der Waals surface area contributed by atoms with Crippen molar-refractivity contribution >= 4 is 35.6 Å². The number of carbonyl (C=O) groups is 2. The van der Waals surface area contributed by atoms with Gasteiger partial charge in [-0.1, -0.05) is 36.8 Å². The van der Waals surface area contributed by atoms with E-state index in [9.17, 15) is 50.4 Å². The minimum Gasteiger partial charge on any atom is -0.508 e. The molecule has 57 heavy (non-hydrogen) atoms. The van der Waals surface area contributed by atoms with Crippen LogP contribution in [0, 0.1) is 5.92 Å². The van der Waals surface area contributed by atoms with Crippen molar-refractivity contribution in [2.24, 2.45) is 15.9 Å². The first-order valence-corrected chi connectivity index (χ1v) is 19.1. The molecule has 15 heteroatoms. The number of carboxylic acid groups (broad SMARTS) is 1. The number of carbonyl (C=O) groups excluding carboxylic acids is 1. The predicted molar refractivity (Wildman–Crippen MR) is 205 cm³/mol. The molecule has 8 N–H and O–H groups in total. The maximum absolute atomic E-state index is 14.4. The van der Waals surface area contributed by atoms with Gasteiger partial charge >= 0.3 is 11.9 Å². The van der Waals surface area contributed by atoms with E-state index in [1.165, 1.54) is 41.5 Å². The number of rotatable bonds is 10. The molecule has 1 saturated carbocycles. The molecule has 0 aromatic heterocycles. The molecule has 8 rings (SSSR count). The Morgan fingerprint density at radius 3 is 2.58 bits per heavy atom. The molecule has 3 aliphatic heterocycles. The number of aliphatic imine (C=N–C) groups is 2. The fourth-order valence-corrected chi connectivity index (χ4v) is 9.75. The van der Waals surface area contributed by atoms with Crippen LogP contribution in [-0.2, 0) is 32.6 Å². The van der Waals surface area contributed by atoms with Crippen molar-refractivity contribution in [3.63, 3.8) is 0 Å². The summed E-state index contributed by atoms with van der Waals surface area (Å²) in [5, 5.41) is 85.3. The average molecular weight is 784 g/mol. The van der Waals surface area contributed by atoms with Crippen LogP contribution in [-0.4, -0.2) is 114 Å². The first kappa shape index (κ1) is 38.7. The Bertz CT molecular complexity index is 2170. The lowest BCUT2D eigenvalue weighted by molar-refractivity contribution is -0.422. The number of aliphatic hydroxyl groups excluding tert-OH is 4. The van der Waals surface area contributed by atoms with Crippen molar-refractivity contribution in [1.29, 1.82) is 0 Å². The zero-order valence-electron chi connectivity index (χ0n) is 30.9. The van der Waals surface area contributed by atoms with E-state index >= 15 is 0 Å². The van der Waals surface area contributed by atoms with Crippen molar-refractivity contribution in [3.05, 3.63) is 88.5 Å². The Kier molecular flexibility index (Phi) is 10.2. The van der Waals surface area contributed by atoms with Crippen LogP contribution in [0.1, 0.15) is 65.8 Å². The number of ether oxygens (including phenoxy) is 2. The summed E-state index contributed by atoms with van der Waals surface area (Å²) in [5.74, 6) is -6.73. The number of hydrogen-bond donors (Lipinski definition) is 8. The molecule has 0 radical (unpaired) electrons. The third-order valence-corrected chi connectivity index (χ3v) is 12.4. The van der Waals surface area contributed by atoms with E-state index in [-0.39, 0.29) is 17.4 Å². The van der Waals surface area contributed by atoms with Crippen LogP contribution in [0.3, 0.4) is 0 Å². The van der Waals surface area contributed by atoms with Crippen LogP contribution in [0.2, 0.25) is 0 Å². The lowest BCUT2D eigenvalue weighted by atomic mass is 9.60. The minimum absolute atomic E-state index is 0.0333. The summed E-state index contributed by atoms with van der Waals surface area (Å²) in [6.45, 7) is -0.562. The summed E-state index contributed by atoms with van der Waals surface area (Å²) in [5.41, 5.74) is 4.16. The van der Waals surface area contributed by atoms with Gasteiger partial charge in [0.25, 0.3) is 5.91 Å². The van der Waals surface area contributed by atoms with E-state index in [1.54, 1.807) is 18.3 Å². The highest BCUT2D eigenvalue weighted by Crippen LogP contribution is 2.59. The molecule has 15 nitrogen and oxygen atoms in total. The second-order valence-electron chi connectivity index (χ2n) is 15.6. The number of aryl methyl sites for hydroxylation is 1. The van der Waals surface area contributed by atoms with Crippen molar-refractivity contribution in [2.45, 2.75) is 92.7 Å². The Morgan fingerprint density at radius 1 is 1.02 bits per heavy atom. The molecule has 3 aromatic rings. The smallest absolute Gasteiger partial charge is 0.355 e. The molecule has 0 bridgehead atoms. The summed E-state index contributed by atoms with van der Waals surface area (Å²) >= 11 is 0. The van der Waals surface area contributed by atoms with Crippen molar-refractivity contribution < 1.29 is 59.9 Å². The standard InChI is InChI=1S/C42H45N3O12/c46-20-34-37(50)38(51)39(52)42(55,57-34)56-33-17-30-27(16-32(33)48)28(18-41-13-3-5-25(41)10-9-23-4-1-2-6-29(23)41)36(40(53)54)45(30)35(49)12-8-22-7-11-31(47)24(14-22)15-26-19-43-21-44-26/h1-2,4,6-8,11-12,14,16-17,19,25,28,34,36-39,46-48,50-52,55H,3,5,9-10,13,15,18,20-21H2,(H,53,54)/t25-,28+,34-,36-,37-,38+,39-,41-,42-/m1/s1. The summed E-state index contributed by atoms with van der Waals surface area (Å²) < 4.78 is 10.9. The lowest BCUT2D eigenvalue weighted by Crippen LogP contribution is -2.67. The van der Waals surface area contributed by atoms with E-state index in [1.807, 2.05) is 12.1 Å². The van der Waals surface area contributed by atoms with Crippen LogP contribution in [0.15, 0.2) is 70.7 Å². The SMILES string of the molecule is O=C(O)[C@H]1[C@@H](C[C@]23CCC[C@@H]2CCc2ccccc23)c2cc(O)c(O[C@@]3(O)O[C@H](CO)[C@@H](O)[C@H](O)[C@H]3O)cc2N1C(=O)C=Cc1ccc(O)c(CC2=NCN=C2)c1. The van der Waals surface area contributed by atoms with Crippen molar-refractivity contribution in [2.75, 3.05) is 18.2 Å². The molecular formula is C42H45N3O12. The summed E-state index contributed by atoms with van der Waals surface area (Å²) in [4.78, 5) is 37.4. The zero-order chi connectivity index (χ0) is 40.2. The number of aliphatic carboxylic acids is 1. The third-order valence-electron chi connectivity index (χ3n) is 12.4. The number of phenolic OH excluding ortho intramolecular Hbond substituents is 2. The molecule has 9 atom stereocenters. The lowest BCUT2D eigenvalue weighted by Gasteiger charge is -2.44. The first-order valence-electron chi connectivity index (χ1n) is 19.1. The predicted octanol–water partition coefficient (Wildman–Crippen LogP) is 2.29. The Balaban J connectivity index is 1.20. The van der Waals surface area contributed by atoms with Gasteiger partial charge in [-0.3, -0.25) is 19.7 Å². The third kappa shape index (κ3) is 6.77. The first-order chi connectivity index (χ1) is 27.3. The zero-order valence-corrected chi connectivity index (χ0v) is 30.9. The Morgan fingerprint density at radius 2 is 1.82 bits per heavy atom. The van der Waals surface area contributed by atoms with Gasteiger partial charge in [0, 0.05) is 36.3 Å². The Labute approximate surface area is 327 Å². The second-order valence-corrected chi connectivity index (χ2v) is 15.6. The van der Waals surface area contributed by atoms with Gasteiger partial charge in [0.15, 0.2) is 17.6 Å². The van der Waals surface area contributed by atoms with Gasteiger partial charge in [0.05, 0.1) is 18.0 Å². The van der Waals surface area contributed by atoms with Crippen LogP contribution in [0.4, 0.5) is 5.69 Å². The number of nitrogens with zero attached hydrogens (tertiary/aromatic N) is 3. The molecule has 3 heterocycles. The van der Waals surface area contributed by atoms with Crippen molar-refractivity contribution in [3.8, 4) is 17.2 Å². The highest BCUT2D eigenvalue weighted by atomic mass is 16.8. The molecule has 5 aliphatic rings. The van der Waals surface area contributed by atoms with Crippen LogP contribution < -0.4 is 9.64 Å². The molecule has 1 amide bonds. The van der Waals surface area contributed by atoms with Crippen LogP contribution in [0.25, 0.3) is 6.08 Å². The van der Waals surface area contributed by atoms with Gasteiger partial charge in [-0.25, -0.2) is 4.79 Å². The summed E-state index contributed by atoms with van der Waals surface area (Å²) in [6, 6.07) is 14.0. The minimum atomic E-state index is -3.09. The number of hydrogen-bond acceptors (Lipinski definition) is 13. The van der Waals surface area contributed by atoms with Gasteiger partial charge < -0.3 is 50.3 Å². The molecule has 2 fully saturated rings. The number of phenols is 2. The monoisotopic (exact) mass is 783 g/mol. The summed E-state index contributed by atoms with van der Waals surface area (Å²) in [7, 11) is 0. The maximum atomic E-state index is 14.4. The van der Waals surface area contributed by atoms with Gasteiger partial charge in [0.1, 0.15) is 36.8 Å². The number of benzene rings is 3. The Hall–Kier alpha value is -5.16. The second kappa shape index (κ2) is 15.0. The maximum Gasteiger partial charge on any atom is 0.355 e. The molecule has 2 aliphatic carbocycles. The molecule has 1 saturated heterocycles. The summed E-state index contributed by atoms with van der Waals surface area (Å²) in [6.07, 6.45) is 1.90. The average Bonchev–Trinajstić information content (AvgIpc) is 3.94. The normalized spacial score (nSPS) is 31.6. The fraction of sp³-hybridized carbons (Fsp3) is 0.429. The molecule has 3 aromatic carbocycles. The number of aromatic hydroxyl groups is 2. The van der Waals surface area contributed by atoms with E-state index in [4.69, 9.17) is 9.47 Å². The van der Waals surface area contributed by atoms with Crippen LogP contribution >= 0.6 is 0 Å². The van der Waals surface area contributed by atoms with Gasteiger partial charge in [-0.2, -0.15) is 0 Å². The number of anilines is 1. The highest BCUT2D eigenvalue weighted by Gasteiger charge is 2.57. The number of aliphatic hydroxyl groups is 5. The fourth-order valence-electron chi connectivity index (χ4n) is 9.75. The van der Waals surface area contributed by atoms with Crippen molar-refractivity contribution in [1.82, 2.24) is 0 Å². The molecule has 0 unspecified atom stereocenters. The van der Waals surface area contributed by atoms with E-state index in [0.717, 1.165) is 37.0 Å². The molecular weight excluding hydrogens is 738 g/mol. The van der Waals surface area contributed by atoms with Crippen LogP contribution in [0.5, 0.6) is 17.2 Å². The van der Waals surface area contributed by atoms with E-state index < -0.39 is 77.7 Å². The topological polar surface area (TPSA) is 242 Å². The highest BCUT2D eigenvalue weighted by molar-refractivity contribution is 6.32. The van der Waals surface area contributed by atoms with Gasteiger partial charge in [-0.05, 0) is 90.0 Å².